The third kappa shape index (κ3) is 8.67. The summed E-state index contributed by atoms with van der Waals surface area (Å²) in [7, 11) is 0. The van der Waals surface area contributed by atoms with E-state index in [1.54, 1.807) is 45.0 Å². The van der Waals surface area contributed by atoms with Crippen LogP contribution in [0.4, 0.5) is 9.59 Å². The highest BCUT2D eigenvalue weighted by atomic mass is 79.9. The fourth-order valence-corrected chi connectivity index (χ4v) is 2.88. The van der Waals surface area contributed by atoms with Crippen LogP contribution in [0.5, 0.6) is 5.75 Å². The molecule has 0 saturated carbocycles. The van der Waals surface area contributed by atoms with Crippen molar-refractivity contribution in [1.29, 1.82) is 0 Å². The van der Waals surface area contributed by atoms with Crippen molar-refractivity contribution in [2.24, 2.45) is 5.73 Å². The number of amides is 2. The zero-order valence-corrected chi connectivity index (χ0v) is 19.1. The Labute approximate surface area is 189 Å². The highest BCUT2D eigenvalue weighted by Crippen LogP contribution is 2.18. The van der Waals surface area contributed by atoms with Crippen molar-refractivity contribution in [3.8, 4) is 5.75 Å². The molecule has 0 aliphatic heterocycles. The summed E-state index contributed by atoms with van der Waals surface area (Å²) in [4.78, 5) is 35.5. The second-order valence-corrected chi connectivity index (χ2v) is 8.54. The van der Waals surface area contributed by atoms with E-state index in [1.165, 1.54) is 0 Å². The zero-order valence-electron chi connectivity index (χ0n) is 17.5. The molecule has 9 heteroatoms. The van der Waals surface area contributed by atoms with Crippen LogP contribution in [0.1, 0.15) is 31.9 Å². The third-order valence-corrected chi connectivity index (χ3v) is 4.68. The first-order valence-corrected chi connectivity index (χ1v) is 10.3. The van der Waals surface area contributed by atoms with Crippen LogP contribution >= 0.6 is 15.9 Å². The number of nitrogens with one attached hydrogen (secondary N) is 1. The minimum atomic E-state index is -0.948. The Morgan fingerprint density at radius 1 is 1.06 bits per heavy atom. The molecule has 0 heterocycles. The van der Waals surface area contributed by atoms with Crippen LogP contribution in [0, 0.1) is 0 Å². The van der Waals surface area contributed by atoms with Crippen LogP contribution in [0.15, 0.2) is 53.0 Å². The number of halogens is 1. The Hall–Kier alpha value is -3.07. The van der Waals surface area contributed by atoms with Gasteiger partial charge < -0.3 is 25.3 Å². The van der Waals surface area contributed by atoms with Crippen LogP contribution in [0.2, 0.25) is 0 Å². The Bertz CT molecular complexity index is 924. The maximum absolute atomic E-state index is 11.9. The molecule has 3 N–H and O–H groups in total. The van der Waals surface area contributed by atoms with Gasteiger partial charge in [0.2, 0.25) is 5.91 Å². The molecule has 1 atom stereocenters. The van der Waals surface area contributed by atoms with Gasteiger partial charge in [-0.05, 0) is 44.5 Å². The summed E-state index contributed by atoms with van der Waals surface area (Å²) in [5.74, 6) is -0.418. The Morgan fingerprint density at radius 2 is 1.71 bits per heavy atom. The van der Waals surface area contributed by atoms with Gasteiger partial charge in [0.25, 0.3) is 0 Å². The molecule has 31 heavy (non-hydrogen) atoms. The molecule has 0 fully saturated rings. The molecule has 0 aliphatic carbocycles. The molecule has 0 saturated heterocycles. The van der Waals surface area contributed by atoms with E-state index in [1.807, 2.05) is 24.3 Å². The molecule has 166 valence electrons. The molecule has 0 radical (unpaired) electrons. The molecule has 0 bridgehead atoms. The number of ether oxygens (including phenoxy) is 3. The van der Waals surface area contributed by atoms with Gasteiger partial charge in [0.15, 0.2) is 0 Å². The third-order valence-electron chi connectivity index (χ3n) is 3.90. The van der Waals surface area contributed by atoms with E-state index in [0.717, 1.165) is 10.0 Å². The van der Waals surface area contributed by atoms with Crippen LogP contribution < -0.4 is 15.8 Å². The van der Waals surface area contributed by atoms with Gasteiger partial charge in [-0.3, -0.25) is 4.79 Å². The largest absolute Gasteiger partial charge is 0.514 e. The quantitative estimate of drug-likeness (QED) is 0.444. The molecule has 0 spiro atoms. The lowest BCUT2D eigenvalue weighted by Crippen LogP contribution is -2.47. The van der Waals surface area contributed by atoms with E-state index in [-0.39, 0.29) is 18.8 Å². The van der Waals surface area contributed by atoms with Gasteiger partial charge in [-0.15, -0.1) is 0 Å². The molecule has 2 aromatic carbocycles. The van der Waals surface area contributed by atoms with Gasteiger partial charge in [0, 0.05) is 16.5 Å². The number of carbonyl (C=O) groups is 3. The van der Waals surface area contributed by atoms with E-state index in [0.29, 0.717) is 5.56 Å². The first-order valence-electron chi connectivity index (χ1n) is 9.49. The van der Waals surface area contributed by atoms with Crippen LogP contribution in [0.25, 0.3) is 0 Å². The highest BCUT2D eigenvalue weighted by molar-refractivity contribution is 9.10. The molecule has 8 nitrogen and oxygen atoms in total. The van der Waals surface area contributed by atoms with E-state index >= 15 is 0 Å². The molecule has 0 aromatic heterocycles. The number of benzene rings is 2. The molecule has 0 aliphatic rings. The second kappa shape index (κ2) is 10.8. The number of rotatable bonds is 7. The smallest absolute Gasteiger partial charge is 0.444 e. The Balaban J connectivity index is 1.89. The van der Waals surface area contributed by atoms with Crippen molar-refractivity contribution in [2.75, 3.05) is 0 Å². The number of carbonyl (C=O) groups excluding carboxylic acids is 3. The van der Waals surface area contributed by atoms with Crippen molar-refractivity contribution in [3.05, 3.63) is 64.1 Å². The van der Waals surface area contributed by atoms with Crippen molar-refractivity contribution >= 4 is 34.1 Å². The number of hydrogen-bond acceptors (Lipinski definition) is 6. The lowest BCUT2D eigenvalue weighted by molar-refractivity contribution is -0.120. The zero-order chi connectivity index (χ0) is 23.0. The summed E-state index contributed by atoms with van der Waals surface area (Å²) in [5.41, 5.74) is 6.20. The van der Waals surface area contributed by atoms with Gasteiger partial charge in [0.1, 0.15) is 24.0 Å². The summed E-state index contributed by atoms with van der Waals surface area (Å²) >= 11 is 3.38. The fraction of sp³-hybridized carbons (Fsp3) is 0.318. The first kappa shape index (κ1) is 24.2. The maximum Gasteiger partial charge on any atom is 0.514 e. The average Bonchev–Trinajstić information content (AvgIpc) is 2.67. The lowest BCUT2D eigenvalue weighted by Gasteiger charge is -2.22. The maximum atomic E-state index is 11.9. The normalized spacial score (nSPS) is 11.9. The first-order chi connectivity index (χ1) is 14.5. The Morgan fingerprint density at radius 3 is 2.29 bits per heavy atom. The topological polar surface area (TPSA) is 117 Å². The monoisotopic (exact) mass is 492 g/mol. The van der Waals surface area contributed by atoms with Gasteiger partial charge in [-0.2, -0.15) is 0 Å². The molecule has 2 amide bonds. The van der Waals surface area contributed by atoms with E-state index in [2.05, 4.69) is 21.2 Å². The van der Waals surface area contributed by atoms with E-state index in [9.17, 15) is 14.4 Å². The summed E-state index contributed by atoms with van der Waals surface area (Å²) in [6.45, 7) is 5.21. The SMILES string of the molecule is CC(C)(C)OC(=O)N[C@@H](Cc1ccc(OC(=O)OCc2ccccc2Br)cc1)C(N)=O. The van der Waals surface area contributed by atoms with Crippen LogP contribution in [-0.2, 0) is 27.3 Å². The summed E-state index contributed by atoms with van der Waals surface area (Å²) in [6.07, 6.45) is -1.42. The van der Waals surface area contributed by atoms with E-state index in [4.69, 9.17) is 19.9 Å². The minimum absolute atomic E-state index is 0.0645. The van der Waals surface area contributed by atoms with Crippen molar-refractivity contribution in [1.82, 2.24) is 5.32 Å². The van der Waals surface area contributed by atoms with Crippen LogP contribution in [-0.4, -0.2) is 29.8 Å². The minimum Gasteiger partial charge on any atom is -0.444 e. The van der Waals surface area contributed by atoms with Gasteiger partial charge in [0.05, 0.1) is 0 Å². The molecular weight excluding hydrogens is 468 g/mol. The van der Waals surface area contributed by atoms with Crippen molar-refractivity contribution in [3.63, 3.8) is 0 Å². The average molecular weight is 493 g/mol. The molecule has 2 aromatic rings. The van der Waals surface area contributed by atoms with Crippen molar-refractivity contribution in [2.45, 2.75) is 45.4 Å². The number of hydrogen-bond donors (Lipinski definition) is 2. The highest BCUT2D eigenvalue weighted by Gasteiger charge is 2.23. The van der Waals surface area contributed by atoms with Gasteiger partial charge in [-0.25, -0.2) is 9.59 Å². The molecular formula is C22H25BrN2O6. The predicted octanol–water partition coefficient (Wildman–Crippen LogP) is 4.09. The van der Waals surface area contributed by atoms with Gasteiger partial charge in [-0.1, -0.05) is 46.3 Å². The second-order valence-electron chi connectivity index (χ2n) is 7.68. The number of alkyl carbamates (subject to hydrolysis) is 1. The standard InChI is InChI=1S/C22H25BrN2O6/c1-22(2,3)31-20(27)25-18(19(24)26)12-14-8-10-16(11-9-14)30-21(28)29-13-15-6-4-5-7-17(15)23/h4-11,18H,12-13H2,1-3H3,(H2,24,26)(H,25,27)/t18-/m0/s1. The summed E-state index contributed by atoms with van der Waals surface area (Å²) in [5, 5.41) is 2.46. The molecule has 2 rings (SSSR count). The Kier molecular flexibility index (Phi) is 8.44. The number of primary amides is 1. The van der Waals surface area contributed by atoms with Crippen LogP contribution in [0.3, 0.4) is 0 Å². The fourth-order valence-electron chi connectivity index (χ4n) is 2.48. The van der Waals surface area contributed by atoms with Gasteiger partial charge >= 0.3 is 12.2 Å². The summed E-state index contributed by atoms with van der Waals surface area (Å²) in [6, 6.07) is 12.8. The lowest BCUT2D eigenvalue weighted by atomic mass is 10.1. The van der Waals surface area contributed by atoms with Crippen molar-refractivity contribution < 1.29 is 28.6 Å². The summed E-state index contributed by atoms with van der Waals surface area (Å²) < 4.78 is 16.2. The molecule has 0 unspecified atom stereocenters. The van der Waals surface area contributed by atoms with E-state index < -0.39 is 29.8 Å². The number of nitrogens with two attached hydrogens (primary N) is 1. The predicted molar refractivity (Wildman–Crippen MR) is 117 cm³/mol.